The van der Waals surface area contributed by atoms with Crippen LogP contribution >= 0.6 is 0 Å². The molecule has 0 unspecified atom stereocenters. The third kappa shape index (κ3) is 2.74. The highest BCUT2D eigenvalue weighted by Crippen LogP contribution is 2.48. The van der Waals surface area contributed by atoms with Crippen molar-refractivity contribution in [1.82, 2.24) is 0 Å². The number of aliphatic hydroxyl groups is 2. The molecule has 0 saturated carbocycles. The molecule has 4 aliphatic heterocycles. The number of epoxide rings is 1. The van der Waals surface area contributed by atoms with Gasteiger partial charge >= 0.3 is 11.9 Å². The molecule has 8 atom stereocenters. The standard InChI is InChI=1S/C20H26O8/c1-9-6-12-15(10(2)16(22)25-12)13(26-17(23)19(5)11(3)27-19)7-18(4)14(21)8-20(9,24)28-18/h6,11-15,21,24H,2,7-8H2,1,3-5H3/b9-6-/t11-,12-,13-,14+,15+,18-,19-,20-/m1/s1. The van der Waals surface area contributed by atoms with Gasteiger partial charge in [0, 0.05) is 18.4 Å². The number of rotatable bonds is 2. The van der Waals surface area contributed by atoms with Crippen LogP contribution in [0.15, 0.2) is 23.8 Å². The van der Waals surface area contributed by atoms with E-state index in [0.717, 1.165) is 0 Å². The molecule has 0 amide bonds. The Bertz CT molecular complexity index is 789. The number of aliphatic hydroxyl groups excluding tert-OH is 1. The Hall–Kier alpha value is -1.74. The summed E-state index contributed by atoms with van der Waals surface area (Å²) in [5.41, 5.74) is -1.62. The van der Waals surface area contributed by atoms with Crippen molar-refractivity contribution in [2.24, 2.45) is 5.92 Å². The van der Waals surface area contributed by atoms with Crippen LogP contribution in [-0.2, 0) is 28.5 Å². The molecule has 8 heteroatoms. The highest BCUT2D eigenvalue weighted by atomic mass is 16.7. The van der Waals surface area contributed by atoms with Crippen LogP contribution in [0.3, 0.4) is 0 Å². The number of hydrogen-bond donors (Lipinski definition) is 2. The van der Waals surface area contributed by atoms with Gasteiger partial charge in [-0.1, -0.05) is 6.58 Å². The molecule has 0 aromatic heterocycles. The average molecular weight is 394 g/mol. The van der Waals surface area contributed by atoms with Gasteiger partial charge in [0.1, 0.15) is 12.2 Å². The molecule has 0 radical (unpaired) electrons. The van der Waals surface area contributed by atoms with Crippen molar-refractivity contribution in [3.63, 3.8) is 0 Å². The summed E-state index contributed by atoms with van der Waals surface area (Å²) < 4.78 is 22.5. The van der Waals surface area contributed by atoms with Crippen molar-refractivity contribution in [1.29, 1.82) is 0 Å². The fourth-order valence-electron chi connectivity index (χ4n) is 4.39. The van der Waals surface area contributed by atoms with E-state index in [1.807, 2.05) is 0 Å². The first-order valence-corrected chi connectivity index (χ1v) is 9.48. The van der Waals surface area contributed by atoms with Gasteiger partial charge in [0.05, 0.1) is 23.7 Å². The first kappa shape index (κ1) is 19.6. The Morgan fingerprint density at radius 3 is 2.61 bits per heavy atom. The minimum absolute atomic E-state index is 0.0311. The monoisotopic (exact) mass is 394 g/mol. The molecule has 0 aliphatic carbocycles. The summed E-state index contributed by atoms with van der Waals surface area (Å²) in [7, 11) is 0. The van der Waals surface area contributed by atoms with E-state index < -0.39 is 53.2 Å². The lowest BCUT2D eigenvalue weighted by molar-refractivity contribution is -0.209. The normalized spacial score (nSPS) is 51.9. The number of esters is 2. The number of carbonyl (C=O) groups excluding carboxylic acids is 2. The van der Waals surface area contributed by atoms with Crippen molar-refractivity contribution in [2.75, 3.05) is 0 Å². The summed E-state index contributed by atoms with van der Waals surface area (Å²) in [6, 6.07) is 0. The molecule has 4 rings (SSSR count). The Balaban J connectivity index is 1.74. The first-order chi connectivity index (χ1) is 12.9. The summed E-state index contributed by atoms with van der Waals surface area (Å²) in [4.78, 5) is 24.9. The average Bonchev–Trinajstić information content (AvgIpc) is 2.99. The van der Waals surface area contributed by atoms with Crippen LogP contribution in [-0.4, -0.2) is 63.6 Å². The predicted octanol–water partition coefficient (Wildman–Crippen LogP) is 0.752. The molecular weight excluding hydrogens is 368 g/mol. The zero-order chi connectivity index (χ0) is 20.6. The minimum Gasteiger partial charge on any atom is -0.459 e. The zero-order valence-corrected chi connectivity index (χ0v) is 16.4. The molecule has 2 N–H and O–H groups in total. The van der Waals surface area contributed by atoms with Crippen molar-refractivity contribution in [3.05, 3.63) is 23.8 Å². The summed E-state index contributed by atoms with van der Waals surface area (Å²) >= 11 is 0. The van der Waals surface area contributed by atoms with Gasteiger partial charge in [0.2, 0.25) is 0 Å². The third-order valence-corrected chi connectivity index (χ3v) is 6.68. The largest absolute Gasteiger partial charge is 0.459 e. The number of carbonyl (C=O) groups is 2. The van der Waals surface area contributed by atoms with Gasteiger partial charge in [-0.25, -0.2) is 9.59 Å². The van der Waals surface area contributed by atoms with Crippen LogP contribution in [0.2, 0.25) is 0 Å². The Morgan fingerprint density at radius 2 is 2.00 bits per heavy atom. The Morgan fingerprint density at radius 1 is 1.36 bits per heavy atom. The van der Waals surface area contributed by atoms with Crippen molar-refractivity contribution < 1.29 is 38.7 Å². The Labute approximate surface area is 163 Å². The maximum Gasteiger partial charge on any atom is 0.341 e. The van der Waals surface area contributed by atoms with Crippen molar-refractivity contribution >= 4 is 11.9 Å². The van der Waals surface area contributed by atoms with E-state index in [4.69, 9.17) is 18.9 Å². The lowest BCUT2D eigenvalue weighted by atomic mass is 9.80. The van der Waals surface area contributed by atoms with Crippen molar-refractivity contribution in [2.45, 2.75) is 81.9 Å². The van der Waals surface area contributed by atoms with E-state index in [-0.39, 0.29) is 24.5 Å². The number of hydrogen-bond acceptors (Lipinski definition) is 8. The topological polar surface area (TPSA) is 115 Å². The molecule has 0 aromatic rings. The zero-order valence-electron chi connectivity index (χ0n) is 16.4. The van der Waals surface area contributed by atoms with E-state index in [1.165, 1.54) is 0 Å². The fraction of sp³-hybridized carbons (Fsp3) is 0.700. The van der Waals surface area contributed by atoms with Gasteiger partial charge in [-0.15, -0.1) is 0 Å². The quantitative estimate of drug-likeness (QED) is 0.305. The van der Waals surface area contributed by atoms with Crippen LogP contribution < -0.4 is 0 Å². The second-order valence-corrected chi connectivity index (χ2v) is 8.70. The van der Waals surface area contributed by atoms with E-state index in [1.54, 1.807) is 33.8 Å². The van der Waals surface area contributed by atoms with E-state index in [9.17, 15) is 19.8 Å². The molecule has 0 spiro atoms. The lowest BCUT2D eigenvalue weighted by Gasteiger charge is -2.34. The van der Waals surface area contributed by atoms with Gasteiger partial charge in [0.25, 0.3) is 0 Å². The van der Waals surface area contributed by atoms with Gasteiger partial charge in [-0.05, 0) is 39.3 Å². The molecule has 4 aliphatic rings. The SMILES string of the molecule is C=C1C(=O)O[C@@H]2/C=C(/C)[C@@]3(O)C[C@H](O)[C@@](C)(C[C@@H](OC(=O)[C@]4(C)O[C@@H]4C)[C@@H]12)O3. The third-order valence-electron chi connectivity index (χ3n) is 6.68. The molecule has 3 fully saturated rings. The van der Waals surface area contributed by atoms with Crippen molar-refractivity contribution in [3.8, 4) is 0 Å². The van der Waals surface area contributed by atoms with Crippen LogP contribution in [0.25, 0.3) is 0 Å². The van der Waals surface area contributed by atoms with Crippen LogP contribution in [0.5, 0.6) is 0 Å². The molecule has 154 valence electrons. The molecular formula is C20H26O8. The minimum atomic E-state index is -1.69. The van der Waals surface area contributed by atoms with Gasteiger partial charge < -0.3 is 29.2 Å². The summed E-state index contributed by atoms with van der Waals surface area (Å²) in [5, 5.41) is 21.5. The molecule has 2 bridgehead atoms. The molecule has 8 nitrogen and oxygen atoms in total. The molecule has 28 heavy (non-hydrogen) atoms. The second kappa shape index (κ2) is 5.89. The highest BCUT2D eigenvalue weighted by molar-refractivity contribution is 5.91. The van der Waals surface area contributed by atoms with Gasteiger partial charge in [0.15, 0.2) is 11.4 Å². The van der Waals surface area contributed by atoms with E-state index in [0.29, 0.717) is 5.57 Å². The maximum absolute atomic E-state index is 12.7. The highest BCUT2D eigenvalue weighted by Gasteiger charge is 2.61. The molecule has 3 saturated heterocycles. The van der Waals surface area contributed by atoms with Gasteiger partial charge in [-0.3, -0.25) is 0 Å². The Kier molecular flexibility index (Phi) is 4.11. The molecule has 0 aromatic carbocycles. The fourth-order valence-corrected chi connectivity index (χ4v) is 4.39. The first-order valence-electron chi connectivity index (χ1n) is 9.48. The van der Waals surface area contributed by atoms with Crippen LogP contribution in [0.4, 0.5) is 0 Å². The van der Waals surface area contributed by atoms with E-state index in [2.05, 4.69) is 6.58 Å². The predicted molar refractivity (Wildman–Crippen MR) is 94.8 cm³/mol. The van der Waals surface area contributed by atoms with Gasteiger partial charge in [-0.2, -0.15) is 0 Å². The summed E-state index contributed by atoms with van der Waals surface area (Å²) in [6.07, 6.45) is -1.25. The van der Waals surface area contributed by atoms with Crippen LogP contribution in [0, 0.1) is 5.92 Å². The number of fused-ring (bicyclic) bond motifs is 3. The summed E-state index contributed by atoms with van der Waals surface area (Å²) in [5.74, 6) is -3.47. The van der Waals surface area contributed by atoms with E-state index >= 15 is 0 Å². The smallest absolute Gasteiger partial charge is 0.341 e. The maximum atomic E-state index is 12.7. The number of ether oxygens (including phenoxy) is 4. The lowest BCUT2D eigenvalue weighted by Crippen LogP contribution is -2.45. The summed E-state index contributed by atoms with van der Waals surface area (Å²) in [6.45, 7) is 10.5. The molecule has 4 heterocycles. The van der Waals surface area contributed by atoms with Crippen LogP contribution in [0.1, 0.15) is 40.5 Å². The second-order valence-electron chi connectivity index (χ2n) is 8.70.